The van der Waals surface area contributed by atoms with Crippen LogP contribution >= 0.6 is 0 Å². The van der Waals surface area contributed by atoms with E-state index in [1.807, 2.05) is 19.1 Å². The van der Waals surface area contributed by atoms with E-state index in [9.17, 15) is 9.50 Å². The number of halogens is 1. The Bertz CT molecular complexity index is 598. The fourth-order valence-electron chi connectivity index (χ4n) is 2.29. The molecule has 0 spiro atoms. The number of hydrogen-bond acceptors (Lipinski definition) is 3. The van der Waals surface area contributed by atoms with Gasteiger partial charge < -0.3 is 9.84 Å². The van der Waals surface area contributed by atoms with Crippen LogP contribution in [-0.2, 0) is 0 Å². The first-order chi connectivity index (χ1) is 9.13. The van der Waals surface area contributed by atoms with E-state index in [0.29, 0.717) is 17.7 Å². The van der Waals surface area contributed by atoms with E-state index in [-0.39, 0.29) is 11.9 Å². The molecule has 1 aromatic carbocycles. The van der Waals surface area contributed by atoms with Crippen molar-refractivity contribution >= 4 is 0 Å². The molecular weight excluding hydrogens is 245 g/mol. The Morgan fingerprint density at radius 3 is 2.89 bits per heavy atom. The molecule has 2 unspecified atom stereocenters. The number of nitrogens with zero attached hydrogens (tertiary/aromatic N) is 1. The van der Waals surface area contributed by atoms with E-state index in [1.165, 1.54) is 12.1 Å². The zero-order valence-corrected chi connectivity index (χ0v) is 10.5. The molecule has 1 aliphatic heterocycles. The van der Waals surface area contributed by atoms with E-state index in [0.717, 1.165) is 11.3 Å². The minimum atomic E-state index is -0.717. The lowest BCUT2D eigenvalue weighted by molar-refractivity contribution is 0.0652. The molecule has 0 fully saturated rings. The van der Waals surface area contributed by atoms with Gasteiger partial charge >= 0.3 is 0 Å². The van der Waals surface area contributed by atoms with Gasteiger partial charge in [0.1, 0.15) is 17.7 Å². The SMILES string of the molecule is Cc1ccc(C2CC(O)c3cc(F)ccc3O2)cn1. The van der Waals surface area contributed by atoms with Crippen molar-refractivity contribution in [3.8, 4) is 5.75 Å². The van der Waals surface area contributed by atoms with E-state index in [2.05, 4.69) is 4.98 Å². The summed E-state index contributed by atoms with van der Waals surface area (Å²) in [5.74, 6) is 0.169. The summed E-state index contributed by atoms with van der Waals surface area (Å²) in [5, 5.41) is 10.1. The van der Waals surface area contributed by atoms with E-state index in [4.69, 9.17) is 4.74 Å². The summed E-state index contributed by atoms with van der Waals surface area (Å²) in [6.07, 6.45) is 1.19. The summed E-state index contributed by atoms with van der Waals surface area (Å²) < 4.78 is 19.0. The first-order valence-electron chi connectivity index (χ1n) is 6.20. The number of aromatic nitrogens is 1. The average Bonchev–Trinajstić information content (AvgIpc) is 2.40. The first kappa shape index (κ1) is 12.1. The van der Waals surface area contributed by atoms with Crippen molar-refractivity contribution in [1.29, 1.82) is 0 Å². The second-order valence-corrected chi connectivity index (χ2v) is 4.77. The van der Waals surface area contributed by atoms with Crippen molar-refractivity contribution in [2.45, 2.75) is 25.6 Å². The van der Waals surface area contributed by atoms with Gasteiger partial charge in [0.05, 0.1) is 6.10 Å². The topological polar surface area (TPSA) is 42.4 Å². The largest absolute Gasteiger partial charge is 0.485 e. The summed E-state index contributed by atoms with van der Waals surface area (Å²) in [4.78, 5) is 4.23. The van der Waals surface area contributed by atoms with Crippen molar-refractivity contribution in [1.82, 2.24) is 4.98 Å². The number of aliphatic hydroxyl groups excluding tert-OH is 1. The zero-order valence-electron chi connectivity index (χ0n) is 10.5. The Balaban J connectivity index is 1.92. The summed E-state index contributed by atoms with van der Waals surface area (Å²) in [6, 6.07) is 8.06. The Morgan fingerprint density at radius 1 is 1.32 bits per heavy atom. The van der Waals surface area contributed by atoms with Gasteiger partial charge in [0.25, 0.3) is 0 Å². The third kappa shape index (κ3) is 2.31. The molecule has 0 radical (unpaired) electrons. The second-order valence-electron chi connectivity index (χ2n) is 4.77. The Morgan fingerprint density at radius 2 is 2.16 bits per heavy atom. The zero-order chi connectivity index (χ0) is 13.4. The van der Waals surface area contributed by atoms with Gasteiger partial charge in [-0.3, -0.25) is 4.98 Å². The number of benzene rings is 1. The molecule has 3 rings (SSSR count). The Hall–Kier alpha value is -1.94. The lowest BCUT2D eigenvalue weighted by Gasteiger charge is -2.29. The van der Waals surface area contributed by atoms with Crippen LogP contribution in [0.2, 0.25) is 0 Å². The quantitative estimate of drug-likeness (QED) is 0.855. The van der Waals surface area contributed by atoms with Crippen LogP contribution in [-0.4, -0.2) is 10.1 Å². The highest BCUT2D eigenvalue weighted by molar-refractivity contribution is 5.38. The average molecular weight is 259 g/mol. The third-order valence-corrected chi connectivity index (χ3v) is 3.34. The summed E-state index contributed by atoms with van der Waals surface area (Å²) in [7, 11) is 0. The van der Waals surface area contributed by atoms with Crippen LogP contribution < -0.4 is 4.74 Å². The smallest absolute Gasteiger partial charge is 0.128 e. The van der Waals surface area contributed by atoms with Gasteiger partial charge in [-0.15, -0.1) is 0 Å². The highest BCUT2D eigenvalue weighted by Crippen LogP contribution is 2.40. The van der Waals surface area contributed by atoms with Crippen LogP contribution in [0.1, 0.15) is 35.4 Å². The van der Waals surface area contributed by atoms with Crippen molar-refractivity contribution < 1.29 is 14.2 Å². The Kier molecular flexibility index (Phi) is 2.95. The molecule has 0 saturated heterocycles. The molecule has 1 aliphatic rings. The molecule has 19 heavy (non-hydrogen) atoms. The van der Waals surface area contributed by atoms with Gasteiger partial charge in [0, 0.05) is 29.4 Å². The molecule has 2 heterocycles. The maximum absolute atomic E-state index is 13.2. The highest BCUT2D eigenvalue weighted by atomic mass is 19.1. The summed E-state index contributed by atoms with van der Waals surface area (Å²) in [6.45, 7) is 1.92. The van der Waals surface area contributed by atoms with Gasteiger partial charge in [-0.1, -0.05) is 6.07 Å². The molecule has 0 bridgehead atoms. The first-order valence-corrected chi connectivity index (χ1v) is 6.20. The molecule has 0 aliphatic carbocycles. The maximum Gasteiger partial charge on any atom is 0.128 e. The number of fused-ring (bicyclic) bond motifs is 1. The van der Waals surface area contributed by atoms with Crippen LogP contribution in [0.15, 0.2) is 36.5 Å². The molecule has 2 atom stereocenters. The molecule has 98 valence electrons. The minimum Gasteiger partial charge on any atom is -0.485 e. The summed E-state index contributed by atoms with van der Waals surface area (Å²) in [5.41, 5.74) is 2.36. The lowest BCUT2D eigenvalue weighted by Crippen LogP contribution is -2.19. The number of rotatable bonds is 1. The monoisotopic (exact) mass is 259 g/mol. The van der Waals surface area contributed by atoms with E-state index in [1.54, 1.807) is 12.3 Å². The van der Waals surface area contributed by atoms with Crippen LogP contribution in [0, 0.1) is 12.7 Å². The molecule has 1 aromatic heterocycles. The van der Waals surface area contributed by atoms with Crippen molar-refractivity contribution in [2.75, 3.05) is 0 Å². The predicted octanol–water partition coefficient (Wildman–Crippen LogP) is 3.09. The van der Waals surface area contributed by atoms with Gasteiger partial charge in [-0.2, -0.15) is 0 Å². The number of hydrogen-bond donors (Lipinski definition) is 1. The highest BCUT2D eigenvalue weighted by Gasteiger charge is 2.28. The lowest BCUT2D eigenvalue weighted by atomic mass is 9.95. The molecule has 2 aromatic rings. The van der Waals surface area contributed by atoms with Crippen molar-refractivity contribution in [3.05, 3.63) is 59.2 Å². The van der Waals surface area contributed by atoms with Crippen LogP contribution in [0.4, 0.5) is 4.39 Å². The second kappa shape index (κ2) is 4.63. The van der Waals surface area contributed by atoms with Crippen LogP contribution in [0.5, 0.6) is 5.75 Å². The molecule has 0 saturated carbocycles. The molecule has 0 amide bonds. The Labute approximate surface area is 110 Å². The molecule has 4 heteroatoms. The number of aryl methyl sites for hydroxylation is 1. The van der Waals surface area contributed by atoms with Gasteiger partial charge in [-0.25, -0.2) is 4.39 Å². The minimum absolute atomic E-state index is 0.249. The van der Waals surface area contributed by atoms with Gasteiger partial charge in [0.2, 0.25) is 0 Å². The van der Waals surface area contributed by atoms with Gasteiger partial charge in [-0.05, 0) is 31.2 Å². The number of ether oxygens (including phenoxy) is 1. The summed E-state index contributed by atoms with van der Waals surface area (Å²) >= 11 is 0. The van der Waals surface area contributed by atoms with Crippen LogP contribution in [0.25, 0.3) is 0 Å². The molecule has 1 N–H and O–H groups in total. The maximum atomic E-state index is 13.2. The van der Waals surface area contributed by atoms with Crippen LogP contribution in [0.3, 0.4) is 0 Å². The van der Waals surface area contributed by atoms with Crippen molar-refractivity contribution in [2.24, 2.45) is 0 Å². The number of aliphatic hydroxyl groups is 1. The van der Waals surface area contributed by atoms with Gasteiger partial charge in [0.15, 0.2) is 0 Å². The molecule has 3 nitrogen and oxygen atoms in total. The number of pyridine rings is 1. The van der Waals surface area contributed by atoms with E-state index < -0.39 is 6.10 Å². The fraction of sp³-hybridized carbons (Fsp3) is 0.267. The molecular formula is C15H14FNO2. The standard InChI is InChI=1S/C15H14FNO2/c1-9-2-3-10(8-17-9)15-7-13(18)12-6-11(16)4-5-14(12)19-15/h2-6,8,13,15,18H,7H2,1H3. The normalized spacial score (nSPS) is 21.6. The fourth-order valence-corrected chi connectivity index (χ4v) is 2.29. The third-order valence-electron chi connectivity index (χ3n) is 3.34. The predicted molar refractivity (Wildman–Crippen MR) is 68.3 cm³/mol. The van der Waals surface area contributed by atoms with E-state index >= 15 is 0 Å². The van der Waals surface area contributed by atoms with Crippen molar-refractivity contribution in [3.63, 3.8) is 0 Å².